The zero-order valence-corrected chi connectivity index (χ0v) is 7.50. The fraction of sp³-hybridized carbons (Fsp3) is 0.857. The van der Waals surface area contributed by atoms with Gasteiger partial charge in [-0.15, -0.1) is 0 Å². The van der Waals surface area contributed by atoms with E-state index >= 15 is 0 Å². The van der Waals surface area contributed by atoms with Crippen molar-refractivity contribution in [2.24, 2.45) is 0 Å². The van der Waals surface area contributed by atoms with Crippen LogP contribution in [0.2, 0.25) is 0 Å². The Hall–Kier alpha value is -0.920. The van der Waals surface area contributed by atoms with Crippen LogP contribution in [0.5, 0.6) is 0 Å². The summed E-state index contributed by atoms with van der Waals surface area (Å²) in [6, 6.07) is -0.661. The molecule has 0 radical (unpaired) electrons. The molecule has 0 saturated carbocycles. The maximum absolute atomic E-state index is 12.4. The van der Waals surface area contributed by atoms with Crippen LogP contribution in [-0.4, -0.2) is 37.1 Å². The second kappa shape index (κ2) is 3.92. The topological polar surface area (TPSA) is 41.1 Å². The standard InChI is InChI=1S/C7H9F5N2O/c8-6(9,7(10,11)12)5(15)14-4-1-2-13-3-4/h4,13H,1-3H2,(H,14,15)/t4-/m0/s1. The number of nitrogens with one attached hydrogen (secondary N) is 2. The molecule has 1 aliphatic rings. The molecule has 0 aromatic carbocycles. The van der Waals surface area contributed by atoms with Gasteiger partial charge in [0, 0.05) is 12.6 Å². The summed E-state index contributed by atoms with van der Waals surface area (Å²) in [4.78, 5) is 10.7. The molecule has 0 aliphatic carbocycles. The van der Waals surface area contributed by atoms with Gasteiger partial charge in [-0.05, 0) is 13.0 Å². The van der Waals surface area contributed by atoms with E-state index in [1.807, 2.05) is 0 Å². The largest absolute Gasteiger partial charge is 0.463 e. The average Bonchev–Trinajstić information content (AvgIpc) is 2.54. The zero-order valence-electron chi connectivity index (χ0n) is 7.50. The van der Waals surface area contributed by atoms with Crippen LogP contribution in [0.4, 0.5) is 22.0 Å². The second-order valence-electron chi connectivity index (χ2n) is 3.24. The van der Waals surface area contributed by atoms with Crippen molar-refractivity contribution < 1.29 is 26.7 Å². The Labute approximate surface area is 82.0 Å². The third kappa shape index (κ3) is 2.55. The molecule has 1 heterocycles. The molecule has 0 bridgehead atoms. The molecule has 1 fully saturated rings. The number of carbonyl (C=O) groups is 1. The highest BCUT2D eigenvalue weighted by Crippen LogP contribution is 2.35. The van der Waals surface area contributed by atoms with Crippen molar-refractivity contribution in [3.63, 3.8) is 0 Å². The molecule has 3 nitrogen and oxygen atoms in total. The lowest BCUT2D eigenvalue weighted by atomic mass is 10.2. The first-order valence-electron chi connectivity index (χ1n) is 4.21. The van der Waals surface area contributed by atoms with Gasteiger partial charge in [-0.25, -0.2) is 0 Å². The van der Waals surface area contributed by atoms with Crippen molar-refractivity contribution in [1.82, 2.24) is 10.6 Å². The average molecular weight is 232 g/mol. The fourth-order valence-corrected chi connectivity index (χ4v) is 1.18. The quantitative estimate of drug-likeness (QED) is 0.687. The molecule has 1 saturated heterocycles. The number of rotatable bonds is 2. The summed E-state index contributed by atoms with van der Waals surface area (Å²) < 4.78 is 60.0. The summed E-state index contributed by atoms with van der Waals surface area (Å²) >= 11 is 0. The van der Waals surface area contributed by atoms with Crippen molar-refractivity contribution in [2.75, 3.05) is 13.1 Å². The number of hydrogen-bond acceptors (Lipinski definition) is 2. The molecule has 0 spiro atoms. The summed E-state index contributed by atoms with van der Waals surface area (Å²) in [5.74, 6) is -7.61. The number of hydrogen-bond donors (Lipinski definition) is 2. The number of alkyl halides is 5. The Morgan fingerprint density at radius 3 is 2.27 bits per heavy atom. The maximum Gasteiger partial charge on any atom is 0.463 e. The van der Waals surface area contributed by atoms with Gasteiger partial charge in [0.2, 0.25) is 0 Å². The lowest BCUT2D eigenvalue weighted by Gasteiger charge is -2.20. The van der Waals surface area contributed by atoms with E-state index in [1.54, 1.807) is 5.32 Å². The monoisotopic (exact) mass is 232 g/mol. The minimum atomic E-state index is -5.84. The fourth-order valence-electron chi connectivity index (χ4n) is 1.18. The second-order valence-corrected chi connectivity index (χ2v) is 3.24. The third-order valence-electron chi connectivity index (χ3n) is 2.04. The Morgan fingerprint density at radius 1 is 1.27 bits per heavy atom. The van der Waals surface area contributed by atoms with Crippen molar-refractivity contribution >= 4 is 5.91 Å². The summed E-state index contributed by atoms with van der Waals surface area (Å²) in [6.45, 7) is 0.697. The van der Waals surface area contributed by atoms with Crippen molar-refractivity contribution in [2.45, 2.75) is 24.6 Å². The highest BCUT2D eigenvalue weighted by Gasteiger charge is 2.63. The molecule has 2 N–H and O–H groups in total. The van der Waals surface area contributed by atoms with Gasteiger partial charge in [0.05, 0.1) is 0 Å². The number of carbonyl (C=O) groups excluding carboxylic acids is 1. The molecule has 1 aliphatic heterocycles. The van der Waals surface area contributed by atoms with Gasteiger partial charge in [0.1, 0.15) is 0 Å². The first-order valence-corrected chi connectivity index (χ1v) is 4.21. The van der Waals surface area contributed by atoms with E-state index in [-0.39, 0.29) is 6.54 Å². The molecule has 88 valence electrons. The van der Waals surface area contributed by atoms with Crippen LogP contribution < -0.4 is 10.6 Å². The van der Waals surface area contributed by atoms with E-state index < -0.39 is 24.0 Å². The molecule has 15 heavy (non-hydrogen) atoms. The van der Waals surface area contributed by atoms with E-state index in [4.69, 9.17) is 0 Å². The Bertz CT molecular complexity index is 246. The van der Waals surface area contributed by atoms with Gasteiger partial charge >= 0.3 is 18.0 Å². The normalized spacial score (nSPS) is 22.9. The minimum Gasteiger partial charge on any atom is -0.346 e. The van der Waals surface area contributed by atoms with Crippen LogP contribution in [0.25, 0.3) is 0 Å². The van der Waals surface area contributed by atoms with E-state index in [0.717, 1.165) is 0 Å². The predicted octanol–water partition coefficient (Wildman–Crippen LogP) is 0.662. The van der Waals surface area contributed by atoms with Gasteiger partial charge in [-0.2, -0.15) is 22.0 Å². The molecule has 1 rings (SSSR count). The van der Waals surface area contributed by atoms with Crippen LogP contribution in [0.3, 0.4) is 0 Å². The predicted molar refractivity (Wildman–Crippen MR) is 40.4 cm³/mol. The molecule has 0 aromatic rings. The van der Waals surface area contributed by atoms with Crippen LogP contribution in [0.1, 0.15) is 6.42 Å². The van der Waals surface area contributed by atoms with E-state index in [9.17, 15) is 26.7 Å². The third-order valence-corrected chi connectivity index (χ3v) is 2.04. The van der Waals surface area contributed by atoms with Crippen molar-refractivity contribution in [3.8, 4) is 0 Å². The summed E-state index contributed by atoms with van der Waals surface area (Å²) in [5, 5.41) is 4.38. The Kier molecular flexibility index (Phi) is 3.17. The van der Waals surface area contributed by atoms with Crippen LogP contribution in [-0.2, 0) is 4.79 Å². The summed E-state index contributed by atoms with van der Waals surface area (Å²) in [6.07, 6.45) is -5.50. The lowest BCUT2D eigenvalue weighted by molar-refractivity contribution is -0.270. The maximum atomic E-state index is 12.4. The van der Waals surface area contributed by atoms with Gasteiger partial charge in [0.15, 0.2) is 0 Å². The SMILES string of the molecule is O=C(N[C@H]1CCNC1)C(F)(F)C(F)(F)F. The van der Waals surface area contributed by atoms with Gasteiger partial charge in [-0.3, -0.25) is 4.79 Å². The highest BCUT2D eigenvalue weighted by atomic mass is 19.4. The van der Waals surface area contributed by atoms with Gasteiger partial charge in [-0.1, -0.05) is 0 Å². The Morgan fingerprint density at radius 2 is 1.87 bits per heavy atom. The molecule has 0 aromatic heterocycles. The molecular weight excluding hydrogens is 223 g/mol. The van der Waals surface area contributed by atoms with E-state index in [0.29, 0.717) is 13.0 Å². The minimum absolute atomic E-state index is 0.208. The summed E-state index contributed by atoms with van der Waals surface area (Å²) in [5.41, 5.74) is 0. The number of amides is 1. The van der Waals surface area contributed by atoms with Crippen molar-refractivity contribution in [1.29, 1.82) is 0 Å². The van der Waals surface area contributed by atoms with Crippen molar-refractivity contribution in [3.05, 3.63) is 0 Å². The molecule has 8 heteroatoms. The van der Waals surface area contributed by atoms with Crippen LogP contribution in [0.15, 0.2) is 0 Å². The number of halogens is 5. The lowest BCUT2D eigenvalue weighted by Crippen LogP contribution is -2.53. The van der Waals surface area contributed by atoms with E-state index in [1.165, 1.54) is 0 Å². The van der Waals surface area contributed by atoms with Crippen LogP contribution >= 0.6 is 0 Å². The molecule has 1 amide bonds. The summed E-state index contributed by atoms with van der Waals surface area (Å²) in [7, 11) is 0. The van der Waals surface area contributed by atoms with Gasteiger partial charge in [0.25, 0.3) is 0 Å². The highest BCUT2D eigenvalue weighted by molar-refractivity contribution is 5.84. The van der Waals surface area contributed by atoms with E-state index in [2.05, 4.69) is 5.32 Å². The smallest absolute Gasteiger partial charge is 0.346 e. The first kappa shape index (κ1) is 12.2. The Balaban J connectivity index is 2.59. The first-order chi connectivity index (χ1) is 6.75. The van der Waals surface area contributed by atoms with Crippen LogP contribution in [0, 0.1) is 0 Å². The zero-order chi connectivity index (χ0) is 11.7. The van der Waals surface area contributed by atoms with Gasteiger partial charge < -0.3 is 10.6 Å². The molecular formula is C7H9F5N2O. The molecule has 1 atom stereocenters. The molecule has 0 unspecified atom stereocenters.